The molecule has 4 heteroatoms. The third-order valence-electron chi connectivity index (χ3n) is 1.57. The summed E-state index contributed by atoms with van der Waals surface area (Å²) >= 11 is 0. The van der Waals surface area contributed by atoms with Gasteiger partial charge in [0.15, 0.2) is 0 Å². The number of nitrogens with one attached hydrogen (secondary N) is 1. The minimum atomic E-state index is 0.979. The van der Waals surface area contributed by atoms with Gasteiger partial charge in [0.2, 0.25) is 0 Å². The molecule has 1 N–H and O–H groups in total. The van der Waals surface area contributed by atoms with Crippen LogP contribution in [0.25, 0.3) is 0 Å². The van der Waals surface area contributed by atoms with E-state index in [2.05, 4.69) is 15.3 Å². The van der Waals surface area contributed by atoms with Crippen LogP contribution in [0.3, 0.4) is 0 Å². The van der Waals surface area contributed by atoms with E-state index >= 15 is 0 Å². The third-order valence-corrected chi connectivity index (χ3v) is 1.57. The van der Waals surface area contributed by atoms with Crippen LogP contribution in [0.5, 0.6) is 0 Å². The smallest absolute Gasteiger partial charge is 0.114 e. The minimum Gasteiger partial charge on any atom is -0.318 e. The zero-order valence-electron chi connectivity index (χ0n) is 6.99. The first-order valence-corrected chi connectivity index (χ1v) is 3.68. The SMILES string of the molecule is CNCCN(C)n1ccnc1. The molecule has 1 rings (SSSR count). The molecular weight excluding hydrogens is 140 g/mol. The molecule has 0 fully saturated rings. The van der Waals surface area contributed by atoms with Crippen molar-refractivity contribution in [1.29, 1.82) is 0 Å². The van der Waals surface area contributed by atoms with E-state index in [0.717, 1.165) is 13.1 Å². The quantitative estimate of drug-likeness (QED) is 0.644. The molecule has 0 saturated carbocycles. The zero-order chi connectivity index (χ0) is 8.10. The van der Waals surface area contributed by atoms with Crippen molar-refractivity contribution in [2.45, 2.75) is 0 Å². The van der Waals surface area contributed by atoms with Crippen molar-refractivity contribution in [1.82, 2.24) is 15.0 Å². The number of hydrogen-bond acceptors (Lipinski definition) is 3. The van der Waals surface area contributed by atoms with Crippen LogP contribution in [0.4, 0.5) is 0 Å². The molecule has 1 aromatic heterocycles. The zero-order valence-corrected chi connectivity index (χ0v) is 6.99. The maximum atomic E-state index is 3.95. The van der Waals surface area contributed by atoms with Crippen molar-refractivity contribution in [3.05, 3.63) is 18.7 Å². The molecule has 4 nitrogen and oxygen atoms in total. The summed E-state index contributed by atoms with van der Waals surface area (Å²) < 4.78 is 1.96. The van der Waals surface area contributed by atoms with Gasteiger partial charge in [-0.05, 0) is 7.05 Å². The molecule has 0 amide bonds. The number of rotatable bonds is 4. The standard InChI is InChI=1S/C7H14N4/c1-8-3-5-10(2)11-6-4-9-7-11/h4,6-8H,3,5H2,1-2H3. The molecule has 1 heterocycles. The summed E-state index contributed by atoms with van der Waals surface area (Å²) in [5.74, 6) is 0. The van der Waals surface area contributed by atoms with Crippen LogP contribution in [0.2, 0.25) is 0 Å². The Morgan fingerprint density at radius 3 is 3.00 bits per heavy atom. The largest absolute Gasteiger partial charge is 0.318 e. The van der Waals surface area contributed by atoms with Gasteiger partial charge in [-0.2, -0.15) is 0 Å². The number of imidazole rings is 1. The second-order valence-electron chi connectivity index (χ2n) is 2.43. The van der Waals surface area contributed by atoms with E-state index in [1.807, 2.05) is 25.0 Å². The second-order valence-corrected chi connectivity index (χ2v) is 2.43. The third kappa shape index (κ3) is 2.23. The van der Waals surface area contributed by atoms with E-state index in [-0.39, 0.29) is 0 Å². The highest BCUT2D eigenvalue weighted by molar-refractivity contribution is 4.85. The molecular formula is C7H14N4. The number of likely N-dealkylation sites (N-methyl/N-ethyl adjacent to an activating group) is 2. The fraction of sp³-hybridized carbons (Fsp3) is 0.571. The molecule has 0 bridgehead atoms. The number of aromatic nitrogens is 2. The molecule has 0 unspecified atom stereocenters. The van der Waals surface area contributed by atoms with Gasteiger partial charge in [-0.25, -0.2) is 4.98 Å². The number of hydrogen-bond donors (Lipinski definition) is 1. The number of nitrogens with zero attached hydrogens (tertiary/aromatic N) is 3. The summed E-state index contributed by atoms with van der Waals surface area (Å²) in [5, 5.41) is 5.17. The van der Waals surface area contributed by atoms with Crippen LogP contribution in [0.1, 0.15) is 0 Å². The Morgan fingerprint density at radius 2 is 2.45 bits per heavy atom. The van der Waals surface area contributed by atoms with Gasteiger partial charge in [-0.15, -0.1) is 0 Å². The molecule has 0 aromatic carbocycles. The summed E-state index contributed by atoms with van der Waals surface area (Å²) in [5.41, 5.74) is 0. The lowest BCUT2D eigenvalue weighted by atomic mass is 10.6. The average molecular weight is 154 g/mol. The lowest BCUT2D eigenvalue weighted by Crippen LogP contribution is -2.34. The van der Waals surface area contributed by atoms with Gasteiger partial charge in [-0.3, -0.25) is 4.68 Å². The highest BCUT2D eigenvalue weighted by atomic mass is 15.5. The second kappa shape index (κ2) is 3.98. The summed E-state index contributed by atoms with van der Waals surface area (Å²) in [6.07, 6.45) is 5.49. The lowest BCUT2D eigenvalue weighted by molar-refractivity contribution is 0.623. The van der Waals surface area contributed by atoms with Crippen LogP contribution in [-0.4, -0.2) is 36.8 Å². The molecule has 0 aliphatic rings. The van der Waals surface area contributed by atoms with Crippen molar-refractivity contribution >= 4 is 0 Å². The molecule has 0 saturated heterocycles. The fourth-order valence-corrected chi connectivity index (χ4v) is 0.843. The molecule has 11 heavy (non-hydrogen) atoms. The van der Waals surface area contributed by atoms with Gasteiger partial charge in [0, 0.05) is 32.5 Å². The predicted molar refractivity (Wildman–Crippen MR) is 45.2 cm³/mol. The van der Waals surface area contributed by atoms with Gasteiger partial charge < -0.3 is 10.3 Å². The Kier molecular flexibility index (Phi) is 2.92. The molecule has 0 atom stereocenters. The van der Waals surface area contributed by atoms with E-state index in [1.54, 1.807) is 12.5 Å². The summed E-state index contributed by atoms with van der Waals surface area (Å²) in [4.78, 5) is 3.95. The fourth-order valence-electron chi connectivity index (χ4n) is 0.843. The minimum absolute atomic E-state index is 0.979. The lowest BCUT2D eigenvalue weighted by Gasteiger charge is -2.19. The molecule has 0 radical (unpaired) electrons. The Labute approximate surface area is 66.8 Å². The summed E-state index contributed by atoms with van der Waals surface area (Å²) in [6.45, 7) is 1.96. The van der Waals surface area contributed by atoms with E-state index in [0.29, 0.717) is 0 Å². The molecule has 0 aliphatic heterocycles. The van der Waals surface area contributed by atoms with Gasteiger partial charge >= 0.3 is 0 Å². The molecule has 0 spiro atoms. The normalized spacial score (nSPS) is 10.0. The van der Waals surface area contributed by atoms with Gasteiger partial charge in [-0.1, -0.05) is 0 Å². The van der Waals surface area contributed by atoms with E-state index in [9.17, 15) is 0 Å². The Balaban J connectivity index is 2.36. The van der Waals surface area contributed by atoms with E-state index in [4.69, 9.17) is 0 Å². The summed E-state index contributed by atoms with van der Waals surface area (Å²) in [7, 11) is 3.97. The Bertz CT molecular complexity index is 182. The van der Waals surface area contributed by atoms with Crippen LogP contribution >= 0.6 is 0 Å². The van der Waals surface area contributed by atoms with Crippen molar-refractivity contribution in [3.63, 3.8) is 0 Å². The average Bonchev–Trinajstić information content (AvgIpc) is 2.52. The van der Waals surface area contributed by atoms with Crippen LogP contribution in [-0.2, 0) is 0 Å². The summed E-state index contributed by atoms with van der Waals surface area (Å²) in [6, 6.07) is 0. The molecule has 1 aromatic rings. The predicted octanol–water partition coefficient (Wildman–Crippen LogP) is -0.330. The van der Waals surface area contributed by atoms with Crippen LogP contribution in [0, 0.1) is 0 Å². The van der Waals surface area contributed by atoms with Crippen molar-refractivity contribution < 1.29 is 0 Å². The van der Waals surface area contributed by atoms with Gasteiger partial charge in [0.25, 0.3) is 0 Å². The first kappa shape index (κ1) is 8.07. The topological polar surface area (TPSA) is 33.1 Å². The Hall–Kier alpha value is -1.03. The molecule has 0 aliphatic carbocycles. The van der Waals surface area contributed by atoms with Crippen molar-refractivity contribution in [3.8, 4) is 0 Å². The van der Waals surface area contributed by atoms with Crippen LogP contribution < -0.4 is 10.3 Å². The van der Waals surface area contributed by atoms with E-state index < -0.39 is 0 Å². The highest BCUT2D eigenvalue weighted by Crippen LogP contribution is 1.85. The maximum absolute atomic E-state index is 3.95. The van der Waals surface area contributed by atoms with Crippen molar-refractivity contribution in [2.75, 3.05) is 32.2 Å². The van der Waals surface area contributed by atoms with Gasteiger partial charge in [0.1, 0.15) is 6.33 Å². The van der Waals surface area contributed by atoms with Crippen LogP contribution in [0.15, 0.2) is 18.7 Å². The maximum Gasteiger partial charge on any atom is 0.114 e. The molecule has 62 valence electrons. The van der Waals surface area contributed by atoms with Crippen molar-refractivity contribution in [2.24, 2.45) is 0 Å². The van der Waals surface area contributed by atoms with Gasteiger partial charge in [0.05, 0.1) is 0 Å². The van der Waals surface area contributed by atoms with E-state index in [1.165, 1.54) is 0 Å². The highest BCUT2D eigenvalue weighted by Gasteiger charge is 1.94. The first-order valence-electron chi connectivity index (χ1n) is 3.68. The first-order chi connectivity index (χ1) is 5.34. The Morgan fingerprint density at radius 1 is 1.64 bits per heavy atom. The monoisotopic (exact) mass is 154 g/mol.